The zero-order valence-electron chi connectivity index (χ0n) is 12.9. The molecule has 0 spiro atoms. The molecule has 0 heterocycles. The molecule has 1 atom stereocenters. The summed E-state index contributed by atoms with van der Waals surface area (Å²) in [7, 11) is 3.25. The molecule has 0 aromatic heterocycles. The highest BCUT2D eigenvalue weighted by Crippen LogP contribution is 2.14. The summed E-state index contributed by atoms with van der Waals surface area (Å²) in [6.07, 6.45) is 1.79. The summed E-state index contributed by atoms with van der Waals surface area (Å²) in [6.45, 7) is 11.8. The van der Waals surface area contributed by atoms with Gasteiger partial charge < -0.3 is 15.0 Å². The highest BCUT2D eigenvalue weighted by molar-refractivity contribution is 5.80. The van der Waals surface area contributed by atoms with E-state index in [1.807, 2.05) is 14.0 Å². The van der Waals surface area contributed by atoms with Gasteiger partial charge in [-0.25, -0.2) is 0 Å². The number of ether oxygens (including phenoxy) is 1. The van der Waals surface area contributed by atoms with Crippen LogP contribution in [0.15, 0.2) is 0 Å². The number of rotatable bonds is 9. The van der Waals surface area contributed by atoms with Crippen LogP contribution in [0.4, 0.5) is 0 Å². The van der Waals surface area contributed by atoms with Gasteiger partial charge in [0.25, 0.3) is 0 Å². The van der Waals surface area contributed by atoms with Crippen molar-refractivity contribution in [1.82, 2.24) is 10.2 Å². The molecule has 0 saturated carbocycles. The molecule has 0 aliphatic rings. The van der Waals surface area contributed by atoms with Crippen molar-refractivity contribution in [3.05, 3.63) is 0 Å². The molecule has 0 fully saturated rings. The van der Waals surface area contributed by atoms with Crippen LogP contribution in [0.1, 0.15) is 40.5 Å². The van der Waals surface area contributed by atoms with Gasteiger partial charge in [0.15, 0.2) is 0 Å². The van der Waals surface area contributed by atoms with Gasteiger partial charge in [0.2, 0.25) is 0 Å². The van der Waals surface area contributed by atoms with E-state index in [4.69, 9.17) is 4.74 Å². The molecule has 0 aliphatic carbocycles. The molecule has 0 rings (SSSR count). The zero-order valence-corrected chi connectivity index (χ0v) is 12.9. The number of esters is 1. The molecule has 0 radical (unpaired) electrons. The molecular weight excluding hydrogens is 228 g/mol. The fourth-order valence-corrected chi connectivity index (χ4v) is 2.11. The number of nitrogens with zero attached hydrogens (tertiary/aromatic N) is 1. The lowest BCUT2D eigenvalue weighted by atomic mass is 9.96. The minimum absolute atomic E-state index is 0.183. The molecule has 18 heavy (non-hydrogen) atoms. The van der Waals surface area contributed by atoms with E-state index in [1.54, 1.807) is 0 Å². The van der Waals surface area contributed by atoms with Gasteiger partial charge in [-0.1, -0.05) is 20.8 Å². The molecule has 1 unspecified atom stereocenters. The van der Waals surface area contributed by atoms with E-state index in [1.165, 1.54) is 7.11 Å². The van der Waals surface area contributed by atoms with Crippen LogP contribution in [-0.2, 0) is 9.53 Å². The first-order valence-electron chi connectivity index (χ1n) is 6.89. The van der Waals surface area contributed by atoms with Crippen LogP contribution in [0.2, 0.25) is 0 Å². The Morgan fingerprint density at radius 2 is 2.06 bits per heavy atom. The Kier molecular flexibility index (Phi) is 8.20. The number of hydrogen-bond donors (Lipinski definition) is 1. The molecular formula is C14H30N2O2. The van der Waals surface area contributed by atoms with Crippen LogP contribution in [0, 0.1) is 5.92 Å². The maximum atomic E-state index is 11.7. The predicted molar refractivity (Wildman–Crippen MR) is 75.7 cm³/mol. The summed E-state index contributed by atoms with van der Waals surface area (Å²) in [6, 6.07) is 0. The first kappa shape index (κ1) is 17.4. The van der Waals surface area contributed by atoms with E-state index in [0.717, 1.165) is 32.5 Å². The molecule has 4 heteroatoms. The second-order valence-electron chi connectivity index (χ2n) is 5.46. The fraction of sp³-hybridized carbons (Fsp3) is 0.929. The maximum Gasteiger partial charge on any atom is 0.325 e. The fourth-order valence-electron chi connectivity index (χ4n) is 2.11. The van der Waals surface area contributed by atoms with Crippen molar-refractivity contribution in [2.45, 2.75) is 46.1 Å². The number of nitrogens with one attached hydrogen (secondary N) is 1. The second-order valence-corrected chi connectivity index (χ2v) is 5.46. The normalized spacial score (nSPS) is 14.9. The second kappa shape index (κ2) is 8.48. The van der Waals surface area contributed by atoms with Crippen LogP contribution in [0.25, 0.3) is 0 Å². The number of carbonyl (C=O) groups excluding carboxylic acids is 1. The number of hydrogen-bond acceptors (Lipinski definition) is 4. The van der Waals surface area contributed by atoms with Crippen LogP contribution >= 0.6 is 0 Å². The summed E-state index contributed by atoms with van der Waals surface area (Å²) in [5, 5.41) is 3.07. The zero-order chi connectivity index (χ0) is 14.2. The minimum Gasteiger partial charge on any atom is -0.468 e. The summed E-state index contributed by atoms with van der Waals surface area (Å²) in [4.78, 5) is 14.1. The third-order valence-corrected chi connectivity index (χ3v) is 3.41. The van der Waals surface area contributed by atoms with Gasteiger partial charge in [-0.05, 0) is 45.8 Å². The first-order valence-corrected chi connectivity index (χ1v) is 6.89. The van der Waals surface area contributed by atoms with Crippen LogP contribution < -0.4 is 5.32 Å². The molecule has 0 aromatic carbocycles. The molecule has 1 N–H and O–H groups in total. The first-order chi connectivity index (χ1) is 8.39. The topological polar surface area (TPSA) is 41.6 Å². The highest BCUT2D eigenvalue weighted by atomic mass is 16.5. The molecule has 4 nitrogen and oxygen atoms in total. The Morgan fingerprint density at radius 1 is 1.44 bits per heavy atom. The van der Waals surface area contributed by atoms with E-state index in [9.17, 15) is 4.79 Å². The van der Waals surface area contributed by atoms with Gasteiger partial charge in [0, 0.05) is 6.54 Å². The van der Waals surface area contributed by atoms with Gasteiger partial charge in [-0.15, -0.1) is 0 Å². The maximum absolute atomic E-state index is 11.7. The van der Waals surface area contributed by atoms with E-state index < -0.39 is 5.54 Å². The van der Waals surface area contributed by atoms with E-state index >= 15 is 0 Å². The van der Waals surface area contributed by atoms with Gasteiger partial charge >= 0.3 is 5.97 Å². The van der Waals surface area contributed by atoms with Gasteiger partial charge in [-0.2, -0.15) is 0 Å². The average molecular weight is 258 g/mol. The SMILES string of the molecule is CCN(CCCC(C)(NC)C(=O)OC)CC(C)C. The Hall–Kier alpha value is -0.610. The van der Waals surface area contributed by atoms with Crippen molar-refractivity contribution in [3.63, 3.8) is 0 Å². The summed E-state index contributed by atoms with van der Waals surface area (Å²) in [5.41, 5.74) is -0.563. The Balaban J connectivity index is 4.17. The van der Waals surface area contributed by atoms with Crippen molar-refractivity contribution in [3.8, 4) is 0 Å². The van der Waals surface area contributed by atoms with Crippen LogP contribution in [-0.4, -0.2) is 50.2 Å². The van der Waals surface area contributed by atoms with E-state index in [-0.39, 0.29) is 5.97 Å². The summed E-state index contributed by atoms with van der Waals surface area (Å²) in [5.74, 6) is 0.498. The largest absolute Gasteiger partial charge is 0.468 e. The van der Waals surface area contributed by atoms with Crippen LogP contribution in [0.5, 0.6) is 0 Å². The van der Waals surface area contributed by atoms with Gasteiger partial charge in [-0.3, -0.25) is 4.79 Å². The third kappa shape index (κ3) is 5.83. The van der Waals surface area contributed by atoms with Crippen molar-refractivity contribution >= 4 is 5.97 Å². The van der Waals surface area contributed by atoms with Crippen LogP contribution in [0.3, 0.4) is 0 Å². The molecule has 0 saturated heterocycles. The molecule has 0 amide bonds. The summed E-state index contributed by atoms with van der Waals surface area (Å²) < 4.78 is 4.84. The minimum atomic E-state index is -0.563. The van der Waals surface area contributed by atoms with E-state index in [0.29, 0.717) is 5.92 Å². The molecule has 0 aliphatic heterocycles. The van der Waals surface area contributed by atoms with Crippen molar-refractivity contribution < 1.29 is 9.53 Å². The molecule has 0 bridgehead atoms. The van der Waals surface area contributed by atoms with Gasteiger partial charge in [0.1, 0.15) is 5.54 Å². The Labute approximate surface area is 112 Å². The standard InChI is InChI=1S/C14H30N2O2/c1-7-16(11-12(2)3)10-8-9-14(4,15-5)13(17)18-6/h12,15H,7-11H2,1-6H3. The lowest BCUT2D eigenvalue weighted by Crippen LogP contribution is -2.48. The quantitative estimate of drug-likeness (QED) is 0.641. The van der Waals surface area contributed by atoms with Crippen molar-refractivity contribution in [2.75, 3.05) is 33.8 Å². The highest BCUT2D eigenvalue weighted by Gasteiger charge is 2.31. The van der Waals surface area contributed by atoms with E-state index in [2.05, 4.69) is 31.0 Å². The monoisotopic (exact) mass is 258 g/mol. The lowest BCUT2D eigenvalue weighted by molar-refractivity contribution is -0.148. The smallest absolute Gasteiger partial charge is 0.325 e. The molecule has 108 valence electrons. The van der Waals surface area contributed by atoms with Crippen molar-refractivity contribution in [1.29, 1.82) is 0 Å². The number of likely N-dealkylation sites (N-methyl/N-ethyl adjacent to an activating group) is 1. The number of methoxy groups -OCH3 is 1. The average Bonchev–Trinajstić information content (AvgIpc) is 2.35. The van der Waals surface area contributed by atoms with Crippen molar-refractivity contribution in [2.24, 2.45) is 5.92 Å². The van der Waals surface area contributed by atoms with Gasteiger partial charge in [0.05, 0.1) is 7.11 Å². The molecule has 0 aromatic rings. The lowest BCUT2D eigenvalue weighted by Gasteiger charge is -2.28. The third-order valence-electron chi connectivity index (χ3n) is 3.41. The Morgan fingerprint density at radius 3 is 2.44 bits per heavy atom. The predicted octanol–water partition coefficient (Wildman–Crippen LogP) is 1.90. The number of carbonyl (C=O) groups is 1. The summed E-state index contributed by atoms with van der Waals surface area (Å²) >= 11 is 0. The Bertz CT molecular complexity index is 244.